The molecule has 0 bridgehead atoms. The highest BCUT2D eigenvalue weighted by Gasteiger charge is 2.20. The summed E-state index contributed by atoms with van der Waals surface area (Å²) in [6.45, 7) is 1.11. The summed E-state index contributed by atoms with van der Waals surface area (Å²) in [5.41, 5.74) is 1.13. The molecular weight excluding hydrogens is 208 g/mol. The fraction of sp³-hybridized carbons (Fsp3) is 0.583. The lowest BCUT2D eigenvalue weighted by Gasteiger charge is -2.31. The minimum atomic E-state index is 0.540. The van der Waals surface area contributed by atoms with E-state index in [-0.39, 0.29) is 0 Å². The Balaban J connectivity index is 2.05. The van der Waals surface area contributed by atoms with E-state index in [4.69, 9.17) is 11.6 Å². The van der Waals surface area contributed by atoms with E-state index in [0.29, 0.717) is 5.88 Å². The van der Waals surface area contributed by atoms with Crippen LogP contribution in [0.4, 0.5) is 5.82 Å². The average Bonchev–Trinajstić information content (AvgIpc) is 2.23. The van der Waals surface area contributed by atoms with Gasteiger partial charge in [0, 0.05) is 25.4 Å². The van der Waals surface area contributed by atoms with Gasteiger partial charge >= 0.3 is 0 Å². The van der Waals surface area contributed by atoms with E-state index in [1.54, 1.807) is 0 Å². The number of hydrogen-bond donors (Lipinski definition) is 0. The Hall–Kier alpha value is -0.760. The minimum absolute atomic E-state index is 0.540. The monoisotopic (exact) mass is 224 g/mol. The molecule has 1 aliphatic carbocycles. The van der Waals surface area contributed by atoms with Crippen molar-refractivity contribution in [2.75, 3.05) is 18.5 Å². The molecule has 0 atom stereocenters. The Kier molecular flexibility index (Phi) is 3.47. The van der Waals surface area contributed by atoms with Crippen LogP contribution in [0.2, 0.25) is 0 Å². The van der Waals surface area contributed by atoms with Crippen molar-refractivity contribution in [1.82, 2.24) is 4.98 Å². The van der Waals surface area contributed by atoms with Crippen LogP contribution in [0.15, 0.2) is 18.3 Å². The van der Waals surface area contributed by atoms with Crippen LogP contribution in [-0.4, -0.2) is 18.6 Å². The van der Waals surface area contributed by atoms with Gasteiger partial charge in [0.05, 0.1) is 5.88 Å². The van der Waals surface area contributed by atoms with Gasteiger partial charge in [0.15, 0.2) is 0 Å². The molecule has 0 aromatic carbocycles. The number of alkyl halides is 1. The number of aromatic nitrogens is 1. The second kappa shape index (κ2) is 4.84. The first kappa shape index (κ1) is 10.7. The number of pyridine rings is 1. The maximum Gasteiger partial charge on any atom is 0.132 e. The first-order chi connectivity index (χ1) is 7.31. The van der Waals surface area contributed by atoms with E-state index in [1.165, 1.54) is 19.3 Å². The highest BCUT2D eigenvalue weighted by molar-refractivity contribution is 6.17. The van der Waals surface area contributed by atoms with Crippen molar-refractivity contribution < 1.29 is 0 Å². The van der Waals surface area contributed by atoms with E-state index in [0.717, 1.165) is 23.8 Å². The van der Waals surface area contributed by atoms with Crippen LogP contribution < -0.4 is 4.90 Å². The molecule has 1 aliphatic rings. The molecule has 82 valence electrons. The molecule has 3 heteroatoms. The molecule has 1 aromatic heterocycles. The molecule has 2 nitrogen and oxygen atoms in total. The predicted molar refractivity (Wildman–Crippen MR) is 64.4 cm³/mol. The molecular formula is C12H17ClN2. The summed E-state index contributed by atoms with van der Waals surface area (Å²) in [7, 11) is 2.11. The summed E-state index contributed by atoms with van der Waals surface area (Å²) in [5, 5.41) is 0. The molecule has 0 N–H and O–H groups in total. The zero-order valence-corrected chi connectivity index (χ0v) is 9.87. The molecule has 0 aliphatic heterocycles. The Morgan fingerprint density at radius 3 is 2.93 bits per heavy atom. The zero-order chi connectivity index (χ0) is 10.7. The zero-order valence-electron chi connectivity index (χ0n) is 9.12. The number of hydrogen-bond acceptors (Lipinski definition) is 2. The minimum Gasteiger partial charge on any atom is -0.359 e. The topological polar surface area (TPSA) is 16.1 Å². The van der Waals surface area contributed by atoms with E-state index in [9.17, 15) is 0 Å². The van der Waals surface area contributed by atoms with Crippen LogP contribution in [0.25, 0.3) is 0 Å². The molecule has 1 aromatic rings. The van der Waals surface area contributed by atoms with Crippen molar-refractivity contribution in [2.24, 2.45) is 5.92 Å². The molecule has 0 saturated heterocycles. The molecule has 0 spiro atoms. The quantitative estimate of drug-likeness (QED) is 0.731. The Labute approximate surface area is 96.3 Å². The number of rotatable bonds is 4. The summed E-state index contributed by atoms with van der Waals surface area (Å²) in [4.78, 5) is 6.64. The summed E-state index contributed by atoms with van der Waals surface area (Å²) >= 11 is 5.89. The van der Waals surface area contributed by atoms with Crippen molar-refractivity contribution in [3.63, 3.8) is 0 Å². The predicted octanol–water partition coefficient (Wildman–Crippen LogP) is 3.06. The lowest BCUT2D eigenvalue weighted by atomic mass is 9.85. The summed E-state index contributed by atoms with van der Waals surface area (Å²) in [5.74, 6) is 2.44. The highest BCUT2D eigenvalue weighted by Crippen LogP contribution is 2.28. The highest BCUT2D eigenvalue weighted by atomic mass is 35.5. The lowest BCUT2D eigenvalue weighted by molar-refractivity contribution is 0.321. The van der Waals surface area contributed by atoms with Gasteiger partial charge in [-0.25, -0.2) is 4.98 Å². The van der Waals surface area contributed by atoms with E-state index < -0.39 is 0 Å². The number of halogens is 1. The first-order valence-corrected chi connectivity index (χ1v) is 6.05. The lowest BCUT2D eigenvalue weighted by Crippen LogP contribution is -2.30. The summed E-state index contributed by atoms with van der Waals surface area (Å²) < 4.78 is 0. The van der Waals surface area contributed by atoms with Crippen molar-refractivity contribution in [3.05, 3.63) is 23.9 Å². The van der Waals surface area contributed by atoms with Crippen LogP contribution >= 0.6 is 11.6 Å². The average molecular weight is 225 g/mol. The van der Waals surface area contributed by atoms with Crippen LogP contribution in [-0.2, 0) is 5.88 Å². The Bertz CT molecular complexity index is 323. The van der Waals surface area contributed by atoms with Gasteiger partial charge in [-0.2, -0.15) is 0 Å². The number of nitrogens with zero attached hydrogens (tertiary/aromatic N) is 2. The summed E-state index contributed by atoms with van der Waals surface area (Å²) in [6, 6.07) is 3.99. The fourth-order valence-corrected chi connectivity index (χ4v) is 2.24. The summed E-state index contributed by atoms with van der Waals surface area (Å²) in [6.07, 6.45) is 5.96. The van der Waals surface area contributed by atoms with E-state index in [2.05, 4.69) is 16.9 Å². The van der Waals surface area contributed by atoms with Crippen LogP contribution in [0, 0.1) is 5.92 Å². The molecule has 1 heterocycles. The van der Waals surface area contributed by atoms with Gasteiger partial charge in [0.1, 0.15) is 5.82 Å². The van der Waals surface area contributed by atoms with Crippen LogP contribution in [0.5, 0.6) is 0 Å². The third-order valence-corrected chi connectivity index (χ3v) is 3.42. The molecule has 15 heavy (non-hydrogen) atoms. The standard InChI is InChI=1S/C12H17ClN2/c1-15(9-10-4-2-5-10)12-11(8-13)6-3-7-14-12/h3,6-7,10H,2,4-5,8-9H2,1H3. The fourth-order valence-electron chi connectivity index (χ4n) is 2.03. The second-order valence-corrected chi connectivity index (χ2v) is 4.56. The van der Waals surface area contributed by atoms with Crippen molar-refractivity contribution in [2.45, 2.75) is 25.1 Å². The van der Waals surface area contributed by atoms with Gasteiger partial charge in [0.25, 0.3) is 0 Å². The molecule has 1 saturated carbocycles. The molecule has 1 fully saturated rings. The van der Waals surface area contributed by atoms with Gasteiger partial charge in [-0.05, 0) is 24.8 Å². The van der Waals surface area contributed by atoms with Gasteiger partial charge in [-0.3, -0.25) is 0 Å². The Morgan fingerprint density at radius 2 is 2.33 bits per heavy atom. The third kappa shape index (κ3) is 2.43. The maximum absolute atomic E-state index is 5.89. The van der Waals surface area contributed by atoms with Gasteiger partial charge < -0.3 is 4.90 Å². The normalized spacial score (nSPS) is 16.1. The van der Waals surface area contributed by atoms with Gasteiger partial charge in [-0.15, -0.1) is 11.6 Å². The van der Waals surface area contributed by atoms with Crippen LogP contribution in [0.1, 0.15) is 24.8 Å². The SMILES string of the molecule is CN(CC1CCC1)c1ncccc1CCl. The second-order valence-electron chi connectivity index (χ2n) is 4.30. The largest absolute Gasteiger partial charge is 0.359 e. The maximum atomic E-state index is 5.89. The van der Waals surface area contributed by atoms with Gasteiger partial charge in [-0.1, -0.05) is 12.5 Å². The van der Waals surface area contributed by atoms with E-state index in [1.807, 2.05) is 18.3 Å². The molecule has 0 radical (unpaired) electrons. The van der Waals surface area contributed by atoms with Crippen molar-refractivity contribution in [3.8, 4) is 0 Å². The molecule has 0 unspecified atom stereocenters. The number of anilines is 1. The molecule has 2 rings (SSSR count). The first-order valence-electron chi connectivity index (χ1n) is 5.52. The van der Waals surface area contributed by atoms with Crippen molar-refractivity contribution >= 4 is 17.4 Å². The Morgan fingerprint density at radius 1 is 1.53 bits per heavy atom. The van der Waals surface area contributed by atoms with Gasteiger partial charge in [0.2, 0.25) is 0 Å². The van der Waals surface area contributed by atoms with E-state index >= 15 is 0 Å². The third-order valence-electron chi connectivity index (χ3n) is 3.13. The smallest absolute Gasteiger partial charge is 0.132 e. The molecule has 0 amide bonds. The van der Waals surface area contributed by atoms with Crippen molar-refractivity contribution in [1.29, 1.82) is 0 Å². The van der Waals surface area contributed by atoms with Crippen LogP contribution in [0.3, 0.4) is 0 Å².